The van der Waals surface area contributed by atoms with E-state index in [1.165, 1.54) is 0 Å². The molecule has 0 saturated heterocycles. The summed E-state index contributed by atoms with van der Waals surface area (Å²) in [5.74, 6) is 1.30. The third-order valence-electron chi connectivity index (χ3n) is 3.90. The highest BCUT2D eigenvalue weighted by atomic mass is 35.5. The van der Waals surface area contributed by atoms with E-state index in [0.717, 1.165) is 11.1 Å². The van der Waals surface area contributed by atoms with Gasteiger partial charge in [-0.15, -0.1) is 0 Å². The van der Waals surface area contributed by atoms with Crippen molar-refractivity contribution >= 4 is 11.6 Å². The molecule has 0 aliphatic carbocycles. The van der Waals surface area contributed by atoms with E-state index in [9.17, 15) is 0 Å². The van der Waals surface area contributed by atoms with Crippen molar-refractivity contribution in [2.24, 2.45) is 0 Å². The smallest absolute Gasteiger partial charge is 0.223 e. The molecule has 0 saturated carbocycles. The topological polar surface area (TPSA) is 35.0 Å². The highest BCUT2D eigenvalue weighted by Gasteiger charge is 2.19. The Morgan fingerprint density at radius 3 is 1.46 bits per heavy atom. The van der Waals surface area contributed by atoms with E-state index < -0.39 is 0 Å². The molecule has 0 aliphatic rings. The molecular formula is C22H15ClN2O. The van der Waals surface area contributed by atoms with Crippen LogP contribution in [0, 0.1) is 0 Å². The molecule has 4 aromatic rings. The molecule has 0 aliphatic heterocycles. The lowest BCUT2D eigenvalue weighted by molar-refractivity contribution is 0.482. The van der Waals surface area contributed by atoms with Gasteiger partial charge in [-0.2, -0.15) is 0 Å². The molecule has 1 aromatic heterocycles. The van der Waals surface area contributed by atoms with Gasteiger partial charge in [0.1, 0.15) is 17.1 Å². The molecule has 3 nitrogen and oxygen atoms in total. The van der Waals surface area contributed by atoms with Gasteiger partial charge in [-0.25, -0.2) is 9.97 Å². The Hall–Kier alpha value is -3.17. The summed E-state index contributed by atoms with van der Waals surface area (Å²) >= 11 is 6.25. The van der Waals surface area contributed by atoms with E-state index in [4.69, 9.17) is 16.3 Å². The van der Waals surface area contributed by atoms with Gasteiger partial charge in [0.15, 0.2) is 5.75 Å². The highest BCUT2D eigenvalue weighted by molar-refractivity contribution is 6.28. The van der Waals surface area contributed by atoms with Crippen LogP contribution in [-0.2, 0) is 0 Å². The Kier molecular flexibility index (Phi) is 4.63. The number of para-hydroxylation sites is 1. The number of hydrogen-bond acceptors (Lipinski definition) is 3. The van der Waals surface area contributed by atoms with Crippen molar-refractivity contribution in [3.05, 3.63) is 96.3 Å². The molecule has 0 N–H and O–H groups in total. The van der Waals surface area contributed by atoms with Crippen LogP contribution < -0.4 is 4.74 Å². The molecule has 0 atom stereocenters. The maximum Gasteiger partial charge on any atom is 0.223 e. The Bertz CT molecular complexity index is 945. The molecule has 4 heteroatoms. The average molecular weight is 359 g/mol. The first-order chi connectivity index (χ1) is 12.8. The average Bonchev–Trinajstić information content (AvgIpc) is 2.71. The Labute approximate surface area is 156 Å². The second-order valence-corrected chi connectivity index (χ2v) is 6.00. The van der Waals surface area contributed by atoms with Crippen molar-refractivity contribution in [2.75, 3.05) is 0 Å². The van der Waals surface area contributed by atoms with E-state index >= 15 is 0 Å². The van der Waals surface area contributed by atoms with Crippen molar-refractivity contribution in [2.45, 2.75) is 0 Å². The number of ether oxygens (including phenoxy) is 1. The third kappa shape index (κ3) is 3.44. The SMILES string of the molecule is Clc1nc(-c2ccccc2)c(Oc2ccccc2)c(-c2ccccc2)n1. The van der Waals surface area contributed by atoms with Crippen LogP contribution in [0.2, 0.25) is 5.28 Å². The summed E-state index contributed by atoms with van der Waals surface area (Å²) < 4.78 is 6.22. The van der Waals surface area contributed by atoms with Crippen molar-refractivity contribution < 1.29 is 4.74 Å². The molecule has 26 heavy (non-hydrogen) atoms. The summed E-state index contributed by atoms with van der Waals surface area (Å²) in [6.45, 7) is 0. The van der Waals surface area contributed by atoms with Crippen molar-refractivity contribution in [3.63, 3.8) is 0 Å². The van der Waals surface area contributed by atoms with Crippen LogP contribution in [0.5, 0.6) is 11.5 Å². The number of hydrogen-bond donors (Lipinski definition) is 0. The van der Waals surface area contributed by atoms with Gasteiger partial charge in [0.2, 0.25) is 5.28 Å². The van der Waals surface area contributed by atoms with E-state index in [2.05, 4.69) is 9.97 Å². The summed E-state index contributed by atoms with van der Waals surface area (Å²) in [6, 6.07) is 29.3. The van der Waals surface area contributed by atoms with Gasteiger partial charge < -0.3 is 4.74 Å². The summed E-state index contributed by atoms with van der Waals surface area (Å²) in [5, 5.41) is 0.183. The normalized spacial score (nSPS) is 10.5. The quantitative estimate of drug-likeness (QED) is 0.404. The molecule has 0 radical (unpaired) electrons. The summed E-state index contributed by atoms with van der Waals surface area (Å²) in [5.41, 5.74) is 3.15. The standard InChI is InChI=1S/C22H15ClN2O/c23-22-24-19(16-10-4-1-5-11-16)21(26-18-14-8-3-9-15-18)20(25-22)17-12-6-2-7-13-17/h1-15H. The van der Waals surface area contributed by atoms with Crippen LogP contribution in [0.4, 0.5) is 0 Å². The van der Waals surface area contributed by atoms with Crippen molar-refractivity contribution in [3.8, 4) is 34.0 Å². The predicted molar refractivity (Wildman–Crippen MR) is 104 cm³/mol. The lowest BCUT2D eigenvalue weighted by Gasteiger charge is -2.15. The second kappa shape index (κ2) is 7.38. The summed E-state index contributed by atoms with van der Waals surface area (Å²) in [6.07, 6.45) is 0. The molecule has 126 valence electrons. The zero-order valence-electron chi connectivity index (χ0n) is 13.8. The van der Waals surface area contributed by atoms with Gasteiger partial charge in [-0.05, 0) is 23.7 Å². The van der Waals surface area contributed by atoms with Crippen molar-refractivity contribution in [1.82, 2.24) is 9.97 Å². The number of rotatable bonds is 4. The van der Waals surface area contributed by atoms with Crippen LogP contribution in [0.3, 0.4) is 0 Å². The number of nitrogens with zero attached hydrogens (tertiary/aromatic N) is 2. The van der Waals surface area contributed by atoms with Crippen LogP contribution in [0.15, 0.2) is 91.0 Å². The summed E-state index contributed by atoms with van der Waals surface area (Å²) in [4.78, 5) is 8.91. The van der Waals surface area contributed by atoms with E-state index in [-0.39, 0.29) is 5.28 Å². The van der Waals surface area contributed by atoms with E-state index in [1.807, 2.05) is 91.0 Å². The van der Waals surface area contributed by atoms with Gasteiger partial charge in [0.05, 0.1) is 0 Å². The largest absolute Gasteiger partial charge is 0.453 e. The van der Waals surface area contributed by atoms with E-state index in [0.29, 0.717) is 22.9 Å². The summed E-state index contributed by atoms with van der Waals surface area (Å²) in [7, 11) is 0. The number of benzene rings is 3. The Morgan fingerprint density at radius 1 is 0.577 bits per heavy atom. The van der Waals surface area contributed by atoms with E-state index in [1.54, 1.807) is 0 Å². The molecule has 4 rings (SSSR count). The molecule has 0 bridgehead atoms. The molecule has 0 unspecified atom stereocenters. The zero-order chi connectivity index (χ0) is 17.8. The highest BCUT2D eigenvalue weighted by Crippen LogP contribution is 2.39. The Morgan fingerprint density at radius 2 is 1.00 bits per heavy atom. The molecular weight excluding hydrogens is 344 g/mol. The molecule has 3 aromatic carbocycles. The van der Waals surface area contributed by atoms with Gasteiger partial charge in [0.25, 0.3) is 0 Å². The number of aromatic nitrogens is 2. The maximum absolute atomic E-state index is 6.25. The first kappa shape index (κ1) is 16.3. The lowest BCUT2D eigenvalue weighted by atomic mass is 10.1. The monoisotopic (exact) mass is 358 g/mol. The van der Waals surface area contributed by atoms with Crippen LogP contribution in [-0.4, -0.2) is 9.97 Å². The lowest BCUT2D eigenvalue weighted by Crippen LogP contribution is -1.98. The molecule has 1 heterocycles. The first-order valence-electron chi connectivity index (χ1n) is 8.22. The predicted octanol–water partition coefficient (Wildman–Crippen LogP) is 6.26. The van der Waals surface area contributed by atoms with Crippen LogP contribution >= 0.6 is 11.6 Å². The minimum Gasteiger partial charge on any atom is -0.453 e. The maximum atomic E-state index is 6.25. The molecule has 0 fully saturated rings. The van der Waals surface area contributed by atoms with Crippen molar-refractivity contribution in [1.29, 1.82) is 0 Å². The molecule has 0 spiro atoms. The fourth-order valence-corrected chi connectivity index (χ4v) is 2.88. The van der Waals surface area contributed by atoms with Gasteiger partial charge in [-0.3, -0.25) is 0 Å². The third-order valence-corrected chi connectivity index (χ3v) is 4.06. The van der Waals surface area contributed by atoms with Gasteiger partial charge in [-0.1, -0.05) is 78.9 Å². The Balaban J connectivity index is 1.95. The molecule has 0 amide bonds. The van der Waals surface area contributed by atoms with Crippen LogP contribution in [0.25, 0.3) is 22.5 Å². The first-order valence-corrected chi connectivity index (χ1v) is 8.60. The minimum absolute atomic E-state index is 0.183. The number of halogens is 1. The fourth-order valence-electron chi connectivity index (χ4n) is 2.71. The second-order valence-electron chi connectivity index (χ2n) is 5.67. The fraction of sp³-hybridized carbons (Fsp3) is 0. The van der Waals surface area contributed by atoms with Gasteiger partial charge in [0, 0.05) is 11.1 Å². The minimum atomic E-state index is 0.183. The zero-order valence-corrected chi connectivity index (χ0v) is 14.6. The van der Waals surface area contributed by atoms with Crippen LogP contribution in [0.1, 0.15) is 0 Å². The van der Waals surface area contributed by atoms with Gasteiger partial charge >= 0.3 is 0 Å².